The first-order chi connectivity index (χ1) is 18.6. The molecule has 3 heterocycles. The number of nitrogens with zero attached hydrogens (tertiary/aromatic N) is 3. The van der Waals surface area contributed by atoms with Crippen LogP contribution in [-0.4, -0.2) is 37.2 Å². The number of benzene rings is 2. The van der Waals surface area contributed by atoms with Crippen molar-refractivity contribution >= 4 is 39.1 Å². The zero-order valence-corrected chi connectivity index (χ0v) is 21.0. The number of aromatic nitrogens is 5. The number of para-hydroxylation sites is 1. The molecule has 3 N–H and O–H groups in total. The van der Waals surface area contributed by atoms with Gasteiger partial charge in [-0.3, -0.25) is 14.9 Å². The number of unbranched alkanes of at least 4 members (excludes halogenated alkanes) is 1. The maximum absolute atomic E-state index is 14.0. The Morgan fingerprint density at radius 1 is 1.13 bits per heavy atom. The van der Waals surface area contributed by atoms with Crippen LogP contribution in [-0.2, 0) is 4.79 Å². The number of hydrogen-bond acceptors (Lipinski definition) is 4. The smallest absolute Gasteiger partial charge is 0.224 e. The fourth-order valence-corrected chi connectivity index (χ4v) is 4.80. The molecule has 0 spiro atoms. The van der Waals surface area contributed by atoms with Gasteiger partial charge in [0.1, 0.15) is 11.9 Å². The second kappa shape index (κ2) is 10.0. The van der Waals surface area contributed by atoms with E-state index >= 15 is 0 Å². The van der Waals surface area contributed by atoms with E-state index in [1.807, 2.05) is 54.6 Å². The number of pyridine rings is 1. The number of fused-ring (bicyclic) bond motifs is 2. The van der Waals surface area contributed by atoms with Gasteiger partial charge in [-0.25, -0.2) is 9.37 Å². The van der Waals surface area contributed by atoms with E-state index in [2.05, 4.69) is 32.4 Å². The first-order valence-electron chi connectivity index (χ1n) is 12.8. The molecule has 0 bridgehead atoms. The largest absolute Gasteiger partial charge is 0.337 e. The lowest BCUT2D eigenvalue weighted by Gasteiger charge is -2.10. The highest BCUT2D eigenvalue weighted by Gasteiger charge is 2.17. The number of hydrogen-bond donors (Lipinski definition) is 3. The molecule has 8 heteroatoms. The number of aromatic amines is 2. The molecule has 1 amide bonds. The Morgan fingerprint density at radius 3 is 2.92 bits per heavy atom. The number of nitrogens with one attached hydrogen (secondary N) is 3. The van der Waals surface area contributed by atoms with E-state index in [0.29, 0.717) is 30.0 Å². The average molecular weight is 507 g/mol. The number of alkyl halides is 1. The summed E-state index contributed by atoms with van der Waals surface area (Å²) in [6.45, 7) is 2.06. The van der Waals surface area contributed by atoms with Crippen LogP contribution >= 0.6 is 0 Å². The summed E-state index contributed by atoms with van der Waals surface area (Å²) in [7, 11) is 0. The van der Waals surface area contributed by atoms with Crippen molar-refractivity contribution in [1.29, 1.82) is 0 Å². The van der Waals surface area contributed by atoms with Crippen molar-refractivity contribution in [3.63, 3.8) is 0 Å². The third kappa shape index (κ3) is 4.61. The van der Waals surface area contributed by atoms with Crippen LogP contribution in [0.3, 0.4) is 0 Å². The molecule has 6 rings (SSSR count). The number of H-pyrrole nitrogens is 2. The molecule has 0 saturated heterocycles. The highest BCUT2D eigenvalue weighted by atomic mass is 19.1. The minimum absolute atomic E-state index is 0.0101. The van der Waals surface area contributed by atoms with Crippen molar-refractivity contribution in [3.8, 4) is 22.6 Å². The minimum Gasteiger partial charge on any atom is -0.337 e. The highest BCUT2D eigenvalue weighted by Crippen LogP contribution is 2.33. The molecule has 1 aliphatic rings. The molecule has 2 aromatic carbocycles. The summed E-state index contributed by atoms with van der Waals surface area (Å²) in [6.07, 6.45) is 10.6. The Balaban J connectivity index is 1.36. The number of anilines is 1. The van der Waals surface area contributed by atoms with Crippen LogP contribution in [0.5, 0.6) is 0 Å². The lowest BCUT2D eigenvalue weighted by Crippen LogP contribution is -2.11. The van der Waals surface area contributed by atoms with Crippen LogP contribution in [0.2, 0.25) is 0 Å². The molecule has 0 saturated carbocycles. The molecular weight excluding hydrogens is 479 g/mol. The third-order valence-corrected chi connectivity index (χ3v) is 6.74. The van der Waals surface area contributed by atoms with Gasteiger partial charge in [-0.1, -0.05) is 43.7 Å². The fourth-order valence-electron chi connectivity index (χ4n) is 4.80. The molecule has 3 aromatic heterocycles. The predicted octanol–water partition coefficient (Wildman–Crippen LogP) is 6.98. The molecule has 1 unspecified atom stereocenters. The molecular formula is C30H27FN6O. The van der Waals surface area contributed by atoms with Crippen molar-refractivity contribution in [3.05, 3.63) is 78.6 Å². The number of halogens is 1. The van der Waals surface area contributed by atoms with Gasteiger partial charge in [0.15, 0.2) is 5.82 Å². The van der Waals surface area contributed by atoms with Gasteiger partial charge in [-0.2, -0.15) is 5.10 Å². The topological polar surface area (TPSA) is 99.3 Å². The van der Waals surface area contributed by atoms with Gasteiger partial charge in [-0.05, 0) is 47.9 Å². The van der Waals surface area contributed by atoms with Crippen molar-refractivity contribution < 1.29 is 9.18 Å². The molecule has 1 atom stereocenters. The molecule has 38 heavy (non-hydrogen) atoms. The summed E-state index contributed by atoms with van der Waals surface area (Å²) in [4.78, 5) is 24.8. The number of allylic oxidation sites excluding steroid dienone is 4. The maximum Gasteiger partial charge on any atom is 0.224 e. The Labute approximate surface area is 218 Å². The van der Waals surface area contributed by atoms with Crippen LogP contribution in [0.15, 0.2) is 73.1 Å². The average Bonchev–Trinajstić information content (AvgIpc) is 3.55. The Kier molecular flexibility index (Phi) is 6.29. The number of amides is 1. The Hall–Kier alpha value is -4.59. The zero-order chi connectivity index (χ0) is 26.1. The molecule has 0 aliphatic heterocycles. The lowest BCUT2D eigenvalue weighted by molar-refractivity contribution is -0.116. The first kappa shape index (κ1) is 23.8. The van der Waals surface area contributed by atoms with E-state index in [1.165, 1.54) is 0 Å². The second-order valence-corrected chi connectivity index (χ2v) is 9.51. The molecule has 0 fully saturated rings. The van der Waals surface area contributed by atoms with Gasteiger partial charge in [0.05, 0.1) is 28.4 Å². The van der Waals surface area contributed by atoms with Gasteiger partial charge < -0.3 is 10.3 Å². The number of carbonyl (C=O) groups excluding carboxylic acids is 1. The van der Waals surface area contributed by atoms with E-state index in [9.17, 15) is 9.18 Å². The molecule has 1 aliphatic carbocycles. The van der Waals surface area contributed by atoms with E-state index in [0.717, 1.165) is 57.0 Å². The lowest BCUT2D eigenvalue weighted by atomic mass is 9.98. The van der Waals surface area contributed by atoms with Crippen molar-refractivity contribution in [2.45, 2.75) is 38.8 Å². The summed E-state index contributed by atoms with van der Waals surface area (Å²) < 4.78 is 14.0. The summed E-state index contributed by atoms with van der Waals surface area (Å²) in [5.74, 6) is 0.618. The first-order valence-corrected chi connectivity index (χ1v) is 12.8. The van der Waals surface area contributed by atoms with Gasteiger partial charge in [0, 0.05) is 35.6 Å². The SMILES string of the molecule is CCCCC(=O)Nc1cncc(-c2ccc3[nH]nc(-c4nc5c(C6=CC(F)CC=C6)cccc5[nH]4)c3c2)c1. The van der Waals surface area contributed by atoms with Gasteiger partial charge in [-0.15, -0.1) is 0 Å². The maximum atomic E-state index is 14.0. The molecule has 190 valence electrons. The molecule has 5 aromatic rings. The normalized spacial score (nSPS) is 15.2. The van der Waals surface area contributed by atoms with Gasteiger partial charge >= 0.3 is 0 Å². The standard InChI is InChI=1S/C30H27FN6O/c1-2-3-10-27(38)33-22-14-20(16-32-17-22)18-11-12-25-24(15-18)29(37-36-25)30-34-26-9-5-8-23(28(26)35-30)19-6-4-7-21(31)13-19/h4-6,8-9,11-17,21H,2-3,7,10H2,1H3,(H,33,38)(H,34,35)(H,36,37). The molecule has 7 nitrogen and oxygen atoms in total. The van der Waals surface area contributed by atoms with E-state index in [-0.39, 0.29) is 5.91 Å². The second-order valence-electron chi connectivity index (χ2n) is 9.51. The Bertz CT molecular complexity index is 1710. The van der Waals surface area contributed by atoms with Crippen LogP contribution in [0.4, 0.5) is 10.1 Å². The number of imidazole rings is 1. The quantitative estimate of drug-likeness (QED) is 0.222. The number of carbonyl (C=O) groups is 1. The summed E-state index contributed by atoms with van der Waals surface area (Å²) in [5.41, 5.74) is 7.41. The third-order valence-electron chi connectivity index (χ3n) is 6.74. The minimum atomic E-state index is -0.991. The summed E-state index contributed by atoms with van der Waals surface area (Å²) in [6, 6.07) is 13.8. The van der Waals surface area contributed by atoms with E-state index in [4.69, 9.17) is 4.98 Å². The monoisotopic (exact) mass is 506 g/mol. The Morgan fingerprint density at radius 2 is 2.05 bits per heavy atom. The fraction of sp³-hybridized carbons (Fsp3) is 0.200. The number of rotatable bonds is 7. The van der Waals surface area contributed by atoms with Gasteiger partial charge in [0.2, 0.25) is 5.91 Å². The van der Waals surface area contributed by atoms with Crippen molar-refractivity contribution in [1.82, 2.24) is 25.1 Å². The van der Waals surface area contributed by atoms with Gasteiger partial charge in [0.25, 0.3) is 0 Å². The predicted molar refractivity (Wildman–Crippen MR) is 149 cm³/mol. The van der Waals surface area contributed by atoms with Crippen molar-refractivity contribution in [2.75, 3.05) is 5.32 Å². The summed E-state index contributed by atoms with van der Waals surface area (Å²) in [5, 5.41) is 11.5. The van der Waals surface area contributed by atoms with Crippen LogP contribution < -0.4 is 5.32 Å². The van der Waals surface area contributed by atoms with E-state index < -0.39 is 6.17 Å². The van der Waals surface area contributed by atoms with Crippen LogP contribution in [0.25, 0.3) is 50.2 Å². The van der Waals surface area contributed by atoms with E-state index in [1.54, 1.807) is 18.5 Å². The van der Waals surface area contributed by atoms with Crippen molar-refractivity contribution in [2.24, 2.45) is 0 Å². The van der Waals surface area contributed by atoms with Crippen LogP contribution in [0.1, 0.15) is 38.2 Å². The molecule has 0 radical (unpaired) electrons. The summed E-state index contributed by atoms with van der Waals surface area (Å²) >= 11 is 0. The highest BCUT2D eigenvalue weighted by molar-refractivity contribution is 5.98. The zero-order valence-electron chi connectivity index (χ0n) is 21.0. The van der Waals surface area contributed by atoms with Crippen LogP contribution in [0, 0.1) is 0 Å².